The summed E-state index contributed by atoms with van der Waals surface area (Å²) in [7, 11) is -3.64. The number of allylic oxidation sites excluding steroid dienone is 1. The van der Waals surface area contributed by atoms with Gasteiger partial charge in [0.25, 0.3) is 0 Å². The van der Waals surface area contributed by atoms with Gasteiger partial charge in [0.2, 0.25) is 10.0 Å². The summed E-state index contributed by atoms with van der Waals surface area (Å²) in [6.45, 7) is 9.59. The molecule has 6 heteroatoms. The molecule has 5 nitrogen and oxygen atoms in total. The first kappa shape index (κ1) is 22.1. The molecule has 2 bridgehead atoms. The fourth-order valence-corrected chi connectivity index (χ4v) is 7.41. The second kappa shape index (κ2) is 8.56. The summed E-state index contributed by atoms with van der Waals surface area (Å²) < 4.78 is 35.3. The fourth-order valence-electron chi connectivity index (χ4n) is 5.78. The van der Waals surface area contributed by atoms with Crippen LogP contribution in [-0.4, -0.2) is 63.6 Å². The Balaban J connectivity index is 1.46. The van der Waals surface area contributed by atoms with E-state index in [1.54, 1.807) is 10.4 Å². The van der Waals surface area contributed by atoms with Gasteiger partial charge in [0.05, 0.1) is 18.1 Å². The van der Waals surface area contributed by atoms with Crippen LogP contribution in [0.3, 0.4) is 0 Å². The average molecular weight is 455 g/mol. The number of hydrogen-bond acceptors (Lipinski definition) is 4. The molecule has 0 spiro atoms. The number of hydrogen-bond donors (Lipinski definition) is 0. The van der Waals surface area contributed by atoms with Crippen molar-refractivity contribution in [2.75, 3.05) is 45.9 Å². The first-order chi connectivity index (χ1) is 15.4. The molecule has 172 valence electrons. The van der Waals surface area contributed by atoms with E-state index < -0.39 is 10.0 Å². The first-order valence-corrected chi connectivity index (χ1v) is 13.3. The molecule has 0 radical (unpaired) electrons. The Kier molecular flexibility index (Phi) is 5.91. The fraction of sp³-hybridized carbons (Fsp3) is 0.538. The lowest BCUT2D eigenvalue weighted by Gasteiger charge is -2.57. The van der Waals surface area contributed by atoms with Crippen LogP contribution in [0.1, 0.15) is 26.7 Å². The minimum atomic E-state index is -3.64. The first-order valence-electron chi connectivity index (χ1n) is 11.8. The molecule has 2 fully saturated rings. The topological polar surface area (TPSA) is 49.9 Å². The van der Waals surface area contributed by atoms with E-state index in [1.807, 2.05) is 36.4 Å². The second-order valence-electron chi connectivity index (χ2n) is 10.1. The van der Waals surface area contributed by atoms with Crippen LogP contribution in [0.4, 0.5) is 0 Å². The zero-order chi connectivity index (χ0) is 22.3. The van der Waals surface area contributed by atoms with Crippen LogP contribution < -0.4 is 0 Å². The predicted molar refractivity (Wildman–Crippen MR) is 128 cm³/mol. The Morgan fingerprint density at radius 3 is 2.59 bits per heavy atom. The zero-order valence-electron chi connectivity index (χ0n) is 19.2. The lowest BCUT2D eigenvalue weighted by molar-refractivity contribution is -0.00921. The molecule has 2 aromatic carbocycles. The van der Waals surface area contributed by atoms with E-state index in [0.29, 0.717) is 23.9 Å². The Morgan fingerprint density at radius 2 is 1.84 bits per heavy atom. The minimum absolute atomic E-state index is 0.281. The highest BCUT2D eigenvalue weighted by molar-refractivity contribution is 7.89. The van der Waals surface area contributed by atoms with Crippen LogP contribution in [0.5, 0.6) is 0 Å². The molecule has 6 rings (SSSR count). The summed E-state index contributed by atoms with van der Waals surface area (Å²) in [5.41, 5.74) is 1.59. The van der Waals surface area contributed by atoms with E-state index in [2.05, 4.69) is 24.8 Å². The van der Waals surface area contributed by atoms with Gasteiger partial charge in [0.1, 0.15) is 0 Å². The van der Waals surface area contributed by atoms with E-state index in [0.717, 1.165) is 56.0 Å². The van der Waals surface area contributed by atoms with E-state index >= 15 is 0 Å². The van der Waals surface area contributed by atoms with E-state index in [9.17, 15) is 8.42 Å². The van der Waals surface area contributed by atoms with Crippen LogP contribution in [0.15, 0.2) is 59.0 Å². The van der Waals surface area contributed by atoms with Crippen molar-refractivity contribution in [3.05, 3.63) is 54.1 Å². The van der Waals surface area contributed by atoms with Crippen molar-refractivity contribution in [1.82, 2.24) is 9.21 Å². The quantitative estimate of drug-likeness (QED) is 0.590. The van der Waals surface area contributed by atoms with Gasteiger partial charge in [-0.05, 0) is 41.5 Å². The van der Waals surface area contributed by atoms with Crippen LogP contribution in [0.2, 0.25) is 0 Å². The number of nitrogens with zero attached hydrogens (tertiary/aromatic N) is 2. The van der Waals surface area contributed by atoms with Gasteiger partial charge in [0, 0.05) is 38.1 Å². The number of fused-ring (bicyclic) bond motifs is 2. The predicted octanol–water partition coefficient (Wildman–Crippen LogP) is 4.16. The Labute approximate surface area is 192 Å². The van der Waals surface area contributed by atoms with Gasteiger partial charge >= 0.3 is 0 Å². The molecular formula is C26H34N2O3S. The molecule has 1 saturated carbocycles. The maximum absolute atomic E-state index is 14.0. The van der Waals surface area contributed by atoms with Gasteiger partial charge in [-0.2, -0.15) is 4.31 Å². The van der Waals surface area contributed by atoms with Gasteiger partial charge in [-0.15, -0.1) is 0 Å². The van der Waals surface area contributed by atoms with Gasteiger partial charge in [-0.1, -0.05) is 61.9 Å². The standard InChI is InChI=1S/C26H34N2O3S/c1-26(2)22-11-10-21(24(26)18-22)19-28(13-12-27-14-16-31-17-15-27)32(29,30)25-9-5-7-20-6-3-4-8-23(20)25/h3-10,22,24H,11-19H2,1-2H3. The lowest BCUT2D eigenvalue weighted by Crippen LogP contribution is -2.51. The van der Waals surface area contributed by atoms with Gasteiger partial charge in [-0.3, -0.25) is 4.90 Å². The van der Waals surface area contributed by atoms with Crippen LogP contribution in [0.25, 0.3) is 10.8 Å². The molecule has 1 heterocycles. The largest absolute Gasteiger partial charge is 0.379 e. The molecule has 2 aromatic rings. The summed E-state index contributed by atoms with van der Waals surface area (Å²) in [6, 6.07) is 13.4. The highest BCUT2D eigenvalue weighted by Gasteiger charge is 2.51. The SMILES string of the molecule is CC1(C)C2CC=C(CN(CCN3CCOCC3)S(=O)(=O)c3cccc4ccccc34)C1C2. The smallest absolute Gasteiger partial charge is 0.244 e. The van der Waals surface area contributed by atoms with Crippen molar-refractivity contribution >= 4 is 20.8 Å². The van der Waals surface area contributed by atoms with Gasteiger partial charge in [0.15, 0.2) is 0 Å². The number of rotatable bonds is 7. The Morgan fingerprint density at radius 1 is 1.09 bits per heavy atom. The van der Waals surface area contributed by atoms with Gasteiger partial charge < -0.3 is 4.74 Å². The van der Waals surface area contributed by atoms with Crippen molar-refractivity contribution in [1.29, 1.82) is 0 Å². The van der Waals surface area contributed by atoms with E-state index in [-0.39, 0.29) is 5.41 Å². The second-order valence-corrected chi connectivity index (χ2v) is 12.0. The number of ether oxygens (including phenoxy) is 1. The van der Waals surface area contributed by atoms with Crippen molar-refractivity contribution in [2.24, 2.45) is 17.3 Å². The Hall–Kier alpha value is -1.73. The maximum atomic E-state index is 14.0. The highest BCUT2D eigenvalue weighted by atomic mass is 32.2. The third kappa shape index (κ3) is 3.92. The van der Waals surface area contributed by atoms with Crippen LogP contribution in [0, 0.1) is 17.3 Å². The van der Waals surface area contributed by atoms with E-state index in [4.69, 9.17) is 4.74 Å². The molecule has 4 aliphatic rings. The van der Waals surface area contributed by atoms with Gasteiger partial charge in [-0.25, -0.2) is 8.42 Å². The van der Waals surface area contributed by atoms with Crippen molar-refractivity contribution in [2.45, 2.75) is 31.6 Å². The molecule has 2 unspecified atom stereocenters. The lowest BCUT2D eigenvalue weighted by atomic mass is 9.49. The maximum Gasteiger partial charge on any atom is 0.244 e. The molecular weight excluding hydrogens is 420 g/mol. The van der Waals surface area contributed by atoms with E-state index in [1.165, 1.54) is 12.0 Å². The summed E-state index contributed by atoms with van der Waals surface area (Å²) in [5.74, 6) is 1.24. The molecule has 0 amide bonds. The monoisotopic (exact) mass is 454 g/mol. The van der Waals surface area contributed by atoms with Crippen LogP contribution >= 0.6 is 0 Å². The van der Waals surface area contributed by atoms with Crippen molar-refractivity contribution in [3.63, 3.8) is 0 Å². The van der Waals surface area contributed by atoms with Crippen molar-refractivity contribution in [3.8, 4) is 0 Å². The summed E-state index contributed by atoms with van der Waals surface area (Å²) in [6.07, 6.45) is 4.60. The third-order valence-electron chi connectivity index (χ3n) is 8.08. The summed E-state index contributed by atoms with van der Waals surface area (Å²) >= 11 is 0. The zero-order valence-corrected chi connectivity index (χ0v) is 20.0. The normalized spacial score (nSPS) is 25.5. The summed E-state index contributed by atoms with van der Waals surface area (Å²) in [5, 5.41) is 1.76. The number of benzene rings is 2. The number of sulfonamides is 1. The Bertz CT molecular complexity index is 1110. The molecule has 3 aliphatic carbocycles. The molecule has 1 aliphatic heterocycles. The average Bonchev–Trinajstić information content (AvgIpc) is 2.81. The highest BCUT2D eigenvalue weighted by Crippen LogP contribution is 2.59. The molecule has 1 saturated heterocycles. The molecule has 32 heavy (non-hydrogen) atoms. The molecule has 2 atom stereocenters. The third-order valence-corrected chi connectivity index (χ3v) is 9.98. The van der Waals surface area contributed by atoms with Crippen LogP contribution in [-0.2, 0) is 14.8 Å². The van der Waals surface area contributed by atoms with Crippen molar-refractivity contribution < 1.29 is 13.2 Å². The number of morpholine rings is 1. The summed E-state index contributed by atoms with van der Waals surface area (Å²) in [4.78, 5) is 2.73. The molecule has 0 N–H and O–H groups in total. The minimum Gasteiger partial charge on any atom is -0.379 e. The molecule has 0 aromatic heterocycles.